The summed E-state index contributed by atoms with van der Waals surface area (Å²) < 4.78 is 26.0. The Morgan fingerprint density at radius 1 is 1.33 bits per heavy atom. The van der Waals surface area contributed by atoms with Gasteiger partial charge in [-0.15, -0.1) is 11.6 Å². The molecule has 0 amide bonds. The van der Waals surface area contributed by atoms with Crippen LogP contribution in [0.15, 0.2) is 24.3 Å². The van der Waals surface area contributed by atoms with Crippen LogP contribution >= 0.6 is 11.6 Å². The van der Waals surface area contributed by atoms with Crippen molar-refractivity contribution >= 4 is 21.6 Å². The quantitative estimate of drug-likeness (QED) is 0.781. The van der Waals surface area contributed by atoms with Crippen molar-refractivity contribution in [2.75, 3.05) is 7.05 Å². The van der Waals surface area contributed by atoms with E-state index < -0.39 is 10.0 Å². The van der Waals surface area contributed by atoms with E-state index >= 15 is 0 Å². The third-order valence-electron chi connectivity index (χ3n) is 3.52. The highest BCUT2D eigenvalue weighted by molar-refractivity contribution is 7.88. The van der Waals surface area contributed by atoms with E-state index in [-0.39, 0.29) is 11.8 Å². The van der Waals surface area contributed by atoms with Gasteiger partial charge in [-0.25, -0.2) is 12.7 Å². The molecule has 0 N–H and O–H groups in total. The average molecular weight is 288 g/mol. The van der Waals surface area contributed by atoms with Gasteiger partial charge in [-0.2, -0.15) is 0 Å². The molecule has 0 saturated heterocycles. The van der Waals surface area contributed by atoms with E-state index in [2.05, 4.69) is 0 Å². The van der Waals surface area contributed by atoms with Crippen LogP contribution in [-0.4, -0.2) is 25.8 Å². The van der Waals surface area contributed by atoms with Crippen LogP contribution in [0.25, 0.3) is 0 Å². The molecule has 1 saturated carbocycles. The van der Waals surface area contributed by atoms with E-state index in [9.17, 15) is 8.42 Å². The number of hydrogen-bond donors (Lipinski definition) is 0. The zero-order chi connectivity index (χ0) is 13.2. The summed E-state index contributed by atoms with van der Waals surface area (Å²) in [5, 5.41) is 0. The summed E-state index contributed by atoms with van der Waals surface area (Å²) in [4.78, 5) is 0. The van der Waals surface area contributed by atoms with Crippen LogP contribution in [-0.2, 0) is 21.7 Å². The lowest BCUT2D eigenvalue weighted by atomic mass is 9.94. The van der Waals surface area contributed by atoms with Crippen molar-refractivity contribution in [1.29, 1.82) is 0 Å². The predicted octanol–water partition coefficient (Wildman–Crippen LogP) is 2.74. The van der Waals surface area contributed by atoms with Gasteiger partial charge in [0.05, 0.1) is 5.75 Å². The van der Waals surface area contributed by atoms with E-state index in [0.717, 1.165) is 30.4 Å². The third-order valence-corrected chi connectivity index (χ3v) is 5.70. The topological polar surface area (TPSA) is 37.4 Å². The molecule has 0 atom stereocenters. The van der Waals surface area contributed by atoms with Crippen LogP contribution in [0.3, 0.4) is 0 Å². The van der Waals surface area contributed by atoms with Crippen molar-refractivity contribution in [3.63, 3.8) is 0 Å². The van der Waals surface area contributed by atoms with Gasteiger partial charge in [0.25, 0.3) is 0 Å². The van der Waals surface area contributed by atoms with Gasteiger partial charge in [-0.3, -0.25) is 0 Å². The van der Waals surface area contributed by atoms with E-state index in [4.69, 9.17) is 11.6 Å². The number of hydrogen-bond acceptors (Lipinski definition) is 2. The molecule has 5 heteroatoms. The second kappa shape index (κ2) is 5.59. The zero-order valence-corrected chi connectivity index (χ0v) is 12.0. The van der Waals surface area contributed by atoms with E-state index in [0.29, 0.717) is 5.88 Å². The molecule has 1 fully saturated rings. The van der Waals surface area contributed by atoms with Crippen LogP contribution in [0.4, 0.5) is 0 Å². The number of halogens is 1. The Kier molecular flexibility index (Phi) is 4.30. The normalized spacial score (nSPS) is 16.8. The highest BCUT2D eigenvalue weighted by atomic mass is 35.5. The molecule has 1 aliphatic rings. The Bertz CT molecular complexity index is 511. The smallest absolute Gasteiger partial charge is 0.212 e. The summed E-state index contributed by atoms with van der Waals surface area (Å²) >= 11 is 5.75. The van der Waals surface area contributed by atoms with E-state index in [1.165, 1.54) is 4.31 Å². The van der Waals surface area contributed by atoms with Crippen LogP contribution in [0.5, 0.6) is 0 Å². The molecule has 18 heavy (non-hydrogen) atoms. The number of nitrogens with zero attached hydrogens (tertiary/aromatic N) is 1. The van der Waals surface area contributed by atoms with Crippen molar-refractivity contribution in [3.8, 4) is 0 Å². The maximum atomic E-state index is 12.2. The molecular formula is C13H18ClNO2S. The Morgan fingerprint density at radius 3 is 2.56 bits per heavy atom. The maximum Gasteiger partial charge on any atom is 0.218 e. The SMILES string of the molecule is CN(C1CCC1)S(=O)(=O)Cc1cccc(CCl)c1. The number of benzene rings is 1. The number of sulfonamides is 1. The Balaban J connectivity index is 2.11. The van der Waals surface area contributed by atoms with Crippen molar-refractivity contribution < 1.29 is 8.42 Å². The van der Waals surface area contributed by atoms with Gasteiger partial charge in [-0.1, -0.05) is 30.7 Å². The number of alkyl halides is 1. The summed E-state index contributed by atoms with van der Waals surface area (Å²) in [5.74, 6) is 0.469. The summed E-state index contributed by atoms with van der Waals surface area (Å²) in [6.07, 6.45) is 3.10. The fourth-order valence-corrected chi connectivity index (χ4v) is 3.73. The lowest BCUT2D eigenvalue weighted by molar-refractivity contribution is 0.249. The minimum absolute atomic E-state index is 0.0602. The highest BCUT2D eigenvalue weighted by Gasteiger charge is 2.30. The molecule has 0 radical (unpaired) electrons. The van der Waals surface area contributed by atoms with Gasteiger partial charge >= 0.3 is 0 Å². The monoisotopic (exact) mass is 287 g/mol. The summed E-state index contributed by atoms with van der Waals surface area (Å²) in [6, 6.07) is 7.65. The van der Waals surface area contributed by atoms with Gasteiger partial charge in [0, 0.05) is 19.0 Å². The van der Waals surface area contributed by atoms with Gasteiger partial charge in [0.2, 0.25) is 10.0 Å². The third kappa shape index (κ3) is 3.05. The molecule has 0 aromatic heterocycles. The molecule has 2 rings (SSSR count). The molecule has 1 aromatic carbocycles. The van der Waals surface area contributed by atoms with Crippen LogP contribution in [0.2, 0.25) is 0 Å². The lowest BCUT2D eigenvalue weighted by Gasteiger charge is -2.33. The number of rotatable bonds is 5. The second-order valence-corrected chi connectivity index (χ2v) is 7.11. The maximum absolute atomic E-state index is 12.2. The molecule has 0 heterocycles. The van der Waals surface area contributed by atoms with Crippen molar-refractivity contribution in [2.45, 2.75) is 36.9 Å². The summed E-state index contributed by atoms with van der Waals surface area (Å²) in [5.41, 5.74) is 1.76. The van der Waals surface area contributed by atoms with Gasteiger partial charge in [0.15, 0.2) is 0 Å². The predicted molar refractivity (Wildman–Crippen MR) is 74.0 cm³/mol. The van der Waals surface area contributed by atoms with Crippen LogP contribution < -0.4 is 0 Å². The Labute approximate surface area is 114 Å². The second-order valence-electron chi connectivity index (χ2n) is 4.81. The molecule has 0 aliphatic heterocycles. The first-order valence-corrected chi connectivity index (χ1v) is 8.27. The Morgan fingerprint density at radius 2 is 2.00 bits per heavy atom. The molecule has 0 spiro atoms. The zero-order valence-electron chi connectivity index (χ0n) is 10.5. The molecular weight excluding hydrogens is 270 g/mol. The first-order chi connectivity index (χ1) is 8.53. The fourth-order valence-electron chi connectivity index (χ4n) is 2.09. The van der Waals surface area contributed by atoms with Crippen LogP contribution in [0, 0.1) is 0 Å². The van der Waals surface area contributed by atoms with Crippen molar-refractivity contribution in [1.82, 2.24) is 4.31 Å². The first kappa shape index (κ1) is 13.8. The van der Waals surface area contributed by atoms with Gasteiger partial charge in [0.1, 0.15) is 0 Å². The largest absolute Gasteiger partial charge is 0.218 e. The highest BCUT2D eigenvalue weighted by Crippen LogP contribution is 2.26. The summed E-state index contributed by atoms with van der Waals surface area (Å²) in [7, 11) is -1.52. The molecule has 0 bridgehead atoms. The van der Waals surface area contributed by atoms with Crippen LogP contribution in [0.1, 0.15) is 30.4 Å². The average Bonchev–Trinajstić information content (AvgIpc) is 2.26. The molecule has 3 nitrogen and oxygen atoms in total. The standard InChI is InChI=1S/C13H18ClNO2S/c1-15(13-6-3-7-13)18(16,17)10-12-5-2-4-11(8-12)9-14/h2,4-5,8,13H,3,6-7,9-10H2,1H3. The van der Waals surface area contributed by atoms with Gasteiger partial charge in [-0.05, 0) is 24.0 Å². The lowest BCUT2D eigenvalue weighted by Crippen LogP contribution is -2.41. The molecule has 1 aromatic rings. The summed E-state index contributed by atoms with van der Waals surface area (Å²) in [6.45, 7) is 0. The van der Waals surface area contributed by atoms with Crippen molar-refractivity contribution in [3.05, 3.63) is 35.4 Å². The van der Waals surface area contributed by atoms with E-state index in [1.807, 2.05) is 24.3 Å². The van der Waals surface area contributed by atoms with E-state index in [1.54, 1.807) is 7.05 Å². The minimum Gasteiger partial charge on any atom is -0.212 e. The molecule has 100 valence electrons. The Hall–Kier alpha value is -0.580. The van der Waals surface area contributed by atoms with Crippen molar-refractivity contribution in [2.24, 2.45) is 0 Å². The first-order valence-electron chi connectivity index (χ1n) is 6.12. The molecule has 0 unspecified atom stereocenters. The fraction of sp³-hybridized carbons (Fsp3) is 0.538. The minimum atomic E-state index is -3.21. The molecule has 1 aliphatic carbocycles. The van der Waals surface area contributed by atoms with Gasteiger partial charge < -0.3 is 0 Å².